The monoisotopic (exact) mass is 414 g/mol. The molecule has 2 aromatic heterocycles. The van der Waals surface area contributed by atoms with Gasteiger partial charge in [0.1, 0.15) is 22.3 Å². The molecule has 0 aliphatic rings. The van der Waals surface area contributed by atoms with E-state index in [1.54, 1.807) is 31.2 Å². The van der Waals surface area contributed by atoms with Crippen LogP contribution in [0, 0.1) is 17.0 Å². The Morgan fingerprint density at radius 2 is 2.17 bits per heavy atom. The number of nitro groups is 1. The van der Waals surface area contributed by atoms with Crippen LogP contribution in [0.25, 0.3) is 17.4 Å². The topological polar surface area (TPSA) is 135 Å². The molecule has 3 aromatic rings. The highest BCUT2D eigenvalue weighted by Gasteiger charge is 2.19. The number of carboxylic acid groups (broad SMARTS) is 1. The van der Waals surface area contributed by atoms with Gasteiger partial charge in [-0.15, -0.1) is 5.10 Å². The van der Waals surface area contributed by atoms with E-state index in [1.165, 1.54) is 12.1 Å². The average Bonchev–Trinajstić information content (AvgIpc) is 3.31. The minimum atomic E-state index is -1.16. The maximum absolute atomic E-state index is 11.6. The number of furan rings is 1. The molecule has 0 saturated heterocycles. The number of aryl methyl sites for hydroxylation is 2. The van der Waals surface area contributed by atoms with Gasteiger partial charge in [-0.3, -0.25) is 15.2 Å². The van der Waals surface area contributed by atoms with Crippen LogP contribution in [0.1, 0.15) is 30.5 Å². The number of aromatic amines is 1. The van der Waals surface area contributed by atoms with Crippen LogP contribution in [0.4, 0.5) is 5.69 Å². The molecule has 3 rings (SSSR count). The predicted octanol–water partition coefficient (Wildman–Crippen LogP) is 4.45. The summed E-state index contributed by atoms with van der Waals surface area (Å²) >= 11 is 0.893. The van der Waals surface area contributed by atoms with E-state index < -0.39 is 10.9 Å². The highest BCUT2D eigenvalue weighted by Crippen LogP contribution is 2.33. The van der Waals surface area contributed by atoms with Gasteiger partial charge in [-0.05, 0) is 48.9 Å². The van der Waals surface area contributed by atoms with Gasteiger partial charge in [0, 0.05) is 18.6 Å². The van der Waals surface area contributed by atoms with E-state index in [1.807, 2.05) is 6.92 Å². The van der Waals surface area contributed by atoms with Gasteiger partial charge in [0.2, 0.25) is 5.16 Å². The van der Waals surface area contributed by atoms with E-state index in [2.05, 4.69) is 15.2 Å². The van der Waals surface area contributed by atoms with Crippen molar-refractivity contribution in [3.05, 3.63) is 62.5 Å². The van der Waals surface area contributed by atoms with Crippen LogP contribution < -0.4 is 0 Å². The first-order valence-electron chi connectivity index (χ1n) is 8.76. The molecule has 2 heterocycles. The molecule has 0 aliphatic carbocycles. The maximum atomic E-state index is 11.6. The zero-order valence-electron chi connectivity index (χ0n) is 15.7. The number of nitrogens with zero attached hydrogens (tertiary/aromatic N) is 3. The van der Waals surface area contributed by atoms with E-state index in [9.17, 15) is 20.0 Å². The fourth-order valence-corrected chi connectivity index (χ4v) is 3.32. The van der Waals surface area contributed by atoms with E-state index in [0.717, 1.165) is 30.2 Å². The number of carboxylic acids is 1. The molecule has 0 unspecified atom stereocenters. The van der Waals surface area contributed by atoms with E-state index in [0.29, 0.717) is 16.5 Å². The third-order valence-corrected chi connectivity index (χ3v) is 4.80. The van der Waals surface area contributed by atoms with E-state index in [-0.39, 0.29) is 22.1 Å². The van der Waals surface area contributed by atoms with Crippen LogP contribution in [-0.4, -0.2) is 31.2 Å². The normalized spacial score (nSPS) is 11.6. The summed E-state index contributed by atoms with van der Waals surface area (Å²) in [7, 11) is 0. The van der Waals surface area contributed by atoms with Crippen molar-refractivity contribution in [3.8, 4) is 11.3 Å². The minimum Gasteiger partial charge on any atom is -0.477 e. The molecular formula is C19H18N4O5S. The molecule has 0 radical (unpaired) electrons. The van der Waals surface area contributed by atoms with Crippen molar-refractivity contribution in [2.75, 3.05) is 0 Å². The van der Waals surface area contributed by atoms with E-state index >= 15 is 0 Å². The van der Waals surface area contributed by atoms with Crippen LogP contribution in [-0.2, 0) is 11.2 Å². The summed E-state index contributed by atoms with van der Waals surface area (Å²) in [6.45, 7) is 3.77. The molecule has 9 nitrogen and oxygen atoms in total. The summed E-state index contributed by atoms with van der Waals surface area (Å²) in [6, 6.07) is 7.94. The van der Waals surface area contributed by atoms with Gasteiger partial charge >= 0.3 is 5.97 Å². The smallest absolute Gasteiger partial charge is 0.342 e. The Morgan fingerprint density at radius 3 is 2.86 bits per heavy atom. The third-order valence-electron chi connectivity index (χ3n) is 3.93. The quantitative estimate of drug-likeness (QED) is 0.239. The van der Waals surface area contributed by atoms with Gasteiger partial charge in [-0.25, -0.2) is 9.78 Å². The van der Waals surface area contributed by atoms with Crippen molar-refractivity contribution in [1.29, 1.82) is 0 Å². The van der Waals surface area contributed by atoms with Crippen molar-refractivity contribution in [2.24, 2.45) is 0 Å². The van der Waals surface area contributed by atoms with Crippen molar-refractivity contribution in [2.45, 2.75) is 31.8 Å². The number of thioether (sulfide) groups is 1. The standard InChI is InChI=1S/C19H18N4O5S/c1-3-4-17-20-19(22-21-17)29-16(18(24)25)10-12-6-8-15(28-12)13-7-5-11(2)9-14(13)23(26)27/h5-10H,3-4H2,1-2H3,(H,24,25)(H,20,21,22)/b16-10+. The molecule has 0 bridgehead atoms. The molecule has 10 heteroatoms. The largest absolute Gasteiger partial charge is 0.477 e. The summed E-state index contributed by atoms with van der Waals surface area (Å²) < 4.78 is 5.66. The van der Waals surface area contributed by atoms with Crippen LogP contribution in [0.5, 0.6) is 0 Å². The SMILES string of the molecule is CCCc1nc(S/C(=C/c2ccc(-c3ccc(C)cc3[N+](=O)[O-])o2)C(=O)O)n[nH]1. The Balaban J connectivity index is 1.88. The van der Waals surface area contributed by atoms with Crippen LogP contribution >= 0.6 is 11.8 Å². The maximum Gasteiger partial charge on any atom is 0.342 e. The molecule has 1 aromatic carbocycles. The fourth-order valence-electron chi connectivity index (χ4n) is 2.61. The average molecular weight is 414 g/mol. The van der Waals surface area contributed by atoms with Crippen molar-refractivity contribution >= 4 is 29.5 Å². The van der Waals surface area contributed by atoms with Crippen LogP contribution in [0.2, 0.25) is 0 Å². The second kappa shape index (κ2) is 8.74. The number of benzene rings is 1. The molecule has 0 fully saturated rings. The number of aromatic nitrogens is 3. The van der Waals surface area contributed by atoms with Gasteiger partial charge in [0.05, 0.1) is 10.5 Å². The molecule has 0 saturated carbocycles. The minimum absolute atomic E-state index is 0.0358. The molecule has 0 aliphatic heterocycles. The molecule has 0 spiro atoms. The first-order chi connectivity index (χ1) is 13.9. The lowest BCUT2D eigenvalue weighted by Gasteiger charge is -2.01. The zero-order chi connectivity index (χ0) is 21.0. The zero-order valence-corrected chi connectivity index (χ0v) is 16.5. The summed E-state index contributed by atoms with van der Waals surface area (Å²) in [5.41, 5.74) is 1.00. The van der Waals surface area contributed by atoms with Gasteiger partial charge in [-0.2, -0.15) is 0 Å². The highest BCUT2D eigenvalue weighted by atomic mass is 32.2. The summed E-state index contributed by atoms with van der Waals surface area (Å²) in [5, 5.41) is 27.9. The first-order valence-corrected chi connectivity index (χ1v) is 9.58. The lowest BCUT2D eigenvalue weighted by molar-refractivity contribution is -0.384. The number of carbonyl (C=O) groups is 1. The number of rotatable bonds is 8. The number of hydrogen-bond donors (Lipinski definition) is 2. The first kappa shape index (κ1) is 20.3. The van der Waals surface area contributed by atoms with E-state index in [4.69, 9.17) is 4.42 Å². The number of hydrogen-bond acceptors (Lipinski definition) is 7. The number of nitrogens with one attached hydrogen (secondary N) is 1. The summed E-state index contributed by atoms with van der Waals surface area (Å²) in [5.74, 6) is 0.0627. The van der Waals surface area contributed by atoms with Gasteiger partial charge in [-0.1, -0.05) is 13.0 Å². The molecule has 150 valence electrons. The Hall–Kier alpha value is -3.40. The molecule has 0 amide bonds. The van der Waals surface area contributed by atoms with Gasteiger partial charge < -0.3 is 9.52 Å². The Bertz CT molecular complexity index is 1090. The second-order valence-corrected chi connectivity index (χ2v) is 7.22. The Labute approximate surface area is 170 Å². The van der Waals surface area contributed by atoms with Gasteiger partial charge in [0.25, 0.3) is 5.69 Å². The number of H-pyrrole nitrogens is 1. The third kappa shape index (κ3) is 4.91. The molecule has 29 heavy (non-hydrogen) atoms. The van der Waals surface area contributed by atoms with Crippen molar-refractivity contribution in [3.63, 3.8) is 0 Å². The highest BCUT2D eigenvalue weighted by molar-refractivity contribution is 8.04. The molecule has 0 atom stereocenters. The van der Waals surface area contributed by atoms with Crippen molar-refractivity contribution in [1.82, 2.24) is 15.2 Å². The van der Waals surface area contributed by atoms with Crippen molar-refractivity contribution < 1.29 is 19.2 Å². The lowest BCUT2D eigenvalue weighted by Crippen LogP contribution is -1.97. The molecular weight excluding hydrogens is 396 g/mol. The fraction of sp³-hybridized carbons (Fsp3) is 0.211. The summed E-state index contributed by atoms with van der Waals surface area (Å²) in [4.78, 5) is 26.7. The lowest BCUT2D eigenvalue weighted by atomic mass is 10.1. The molecule has 2 N–H and O–H groups in total. The number of aliphatic carboxylic acids is 1. The second-order valence-electron chi connectivity index (χ2n) is 6.21. The van der Waals surface area contributed by atoms with Gasteiger partial charge in [0.15, 0.2) is 0 Å². The number of nitro benzene ring substituents is 1. The Morgan fingerprint density at radius 1 is 1.38 bits per heavy atom. The summed E-state index contributed by atoms with van der Waals surface area (Å²) in [6.07, 6.45) is 2.95. The van der Waals surface area contributed by atoms with Crippen LogP contribution in [0.3, 0.4) is 0 Å². The predicted molar refractivity (Wildman–Crippen MR) is 107 cm³/mol. The Kier molecular flexibility index (Phi) is 6.13. The van der Waals surface area contributed by atoms with Crippen LogP contribution in [0.15, 0.2) is 44.8 Å².